The molecule has 1 rings (SSSR count). The minimum absolute atomic E-state index is 0.0645. The van der Waals surface area contributed by atoms with Crippen molar-refractivity contribution < 1.29 is 13.2 Å². The van der Waals surface area contributed by atoms with E-state index in [1.165, 1.54) is 6.07 Å². The number of nitrogens with one attached hydrogen (secondary N) is 2. The molecule has 1 amide bonds. The molecule has 0 saturated carbocycles. The van der Waals surface area contributed by atoms with Crippen LogP contribution >= 0.6 is 11.6 Å². The summed E-state index contributed by atoms with van der Waals surface area (Å²) in [5.74, 6) is 0.144. The molecular formula is C13H20ClN3O3S. The van der Waals surface area contributed by atoms with Crippen molar-refractivity contribution in [2.75, 3.05) is 29.9 Å². The van der Waals surface area contributed by atoms with E-state index in [2.05, 4.69) is 15.6 Å². The van der Waals surface area contributed by atoms with Crippen LogP contribution < -0.4 is 10.6 Å². The number of hydrogen-bond donors (Lipinski definition) is 2. The van der Waals surface area contributed by atoms with E-state index < -0.39 is 9.84 Å². The molecule has 1 aromatic heterocycles. The Morgan fingerprint density at radius 1 is 1.29 bits per heavy atom. The van der Waals surface area contributed by atoms with Crippen molar-refractivity contribution in [2.24, 2.45) is 0 Å². The van der Waals surface area contributed by atoms with Gasteiger partial charge in [-0.25, -0.2) is 13.4 Å². The van der Waals surface area contributed by atoms with E-state index in [1.54, 1.807) is 13.0 Å². The first kappa shape index (κ1) is 17.7. The average molecular weight is 334 g/mol. The number of hydrogen-bond acceptors (Lipinski definition) is 5. The SMILES string of the molecule is CCCNc1cc(C(=O)NCCS(=O)(=O)CC)cc(Cl)n1. The molecule has 0 spiro atoms. The van der Waals surface area contributed by atoms with Gasteiger partial charge in [-0.15, -0.1) is 0 Å². The van der Waals surface area contributed by atoms with E-state index in [4.69, 9.17) is 11.6 Å². The molecule has 1 heterocycles. The van der Waals surface area contributed by atoms with E-state index >= 15 is 0 Å². The summed E-state index contributed by atoms with van der Waals surface area (Å²) in [5, 5.41) is 5.83. The van der Waals surface area contributed by atoms with Gasteiger partial charge in [-0.2, -0.15) is 0 Å². The Bertz CT molecular complexity index is 590. The lowest BCUT2D eigenvalue weighted by Gasteiger charge is -2.08. The minimum Gasteiger partial charge on any atom is -0.370 e. The molecule has 0 bridgehead atoms. The maximum absolute atomic E-state index is 12.0. The Balaban J connectivity index is 2.67. The fraction of sp³-hybridized carbons (Fsp3) is 0.538. The van der Waals surface area contributed by atoms with Crippen molar-refractivity contribution >= 4 is 33.2 Å². The van der Waals surface area contributed by atoms with Crippen molar-refractivity contribution in [3.63, 3.8) is 0 Å². The zero-order valence-corrected chi connectivity index (χ0v) is 13.7. The number of carbonyl (C=O) groups is 1. The average Bonchev–Trinajstić information content (AvgIpc) is 2.44. The largest absolute Gasteiger partial charge is 0.370 e. The molecular weight excluding hydrogens is 314 g/mol. The smallest absolute Gasteiger partial charge is 0.251 e. The number of aromatic nitrogens is 1. The maximum Gasteiger partial charge on any atom is 0.251 e. The van der Waals surface area contributed by atoms with E-state index in [0.717, 1.165) is 13.0 Å². The van der Waals surface area contributed by atoms with Crippen LogP contribution in [0, 0.1) is 0 Å². The van der Waals surface area contributed by atoms with Gasteiger partial charge in [0.1, 0.15) is 11.0 Å². The van der Waals surface area contributed by atoms with Gasteiger partial charge in [-0.3, -0.25) is 4.79 Å². The van der Waals surface area contributed by atoms with Crippen molar-refractivity contribution in [1.29, 1.82) is 0 Å². The second kappa shape index (κ2) is 8.19. The van der Waals surface area contributed by atoms with Crippen LogP contribution in [-0.2, 0) is 9.84 Å². The highest BCUT2D eigenvalue weighted by molar-refractivity contribution is 7.91. The van der Waals surface area contributed by atoms with Gasteiger partial charge in [0.15, 0.2) is 9.84 Å². The van der Waals surface area contributed by atoms with Gasteiger partial charge in [0.2, 0.25) is 0 Å². The normalized spacial score (nSPS) is 11.2. The topological polar surface area (TPSA) is 88.2 Å². The fourth-order valence-electron chi connectivity index (χ4n) is 1.54. The van der Waals surface area contributed by atoms with Crippen LogP contribution in [0.5, 0.6) is 0 Å². The van der Waals surface area contributed by atoms with Gasteiger partial charge in [0, 0.05) is 24.4 Å². The minimum atomic E-state index is -3.09. The number of rotatable bonds is 8. The Morgan fingerprint density at radius 2 is 2.00 bits per heavy atom. The zero-order valence-electron chi connectivity index (χ0n) is 12.1. The molecule has 0 fully saturated rings. The third kappa shape index (κ3) is 6.31. The molecule has 8 heteroatoms. The highest BCUT2D eigenvalue weighted by atomic mass is 35.5. The molecule has 1 aromatic rings. The van der Waals surface area contributed by atoms with Crippen LogP contribution in [0.15, 0.2) is 12.1 Å². The lowest BCUT2D eigenvalue weighted by Crippen LogP contribution is -2.29. The molecule has 0 aromatic carbocycles. The molecule has 2 N–H and O–H groups in total. The summed E-state index contributed by atoms with van der Waals surface area (Å²) in [4.78, 5) is 16.0. The predicted molar refractivity (Wildman–Crippen MR) is 84.7 cm³/mol. The maximum atomic E-state index is 12.0. The standard InChI is InChI=1S/C13H20ClN3O3S/c1-3-5-15-12-9-10(8-11(14)17-12)13(18)16-6-7-21(19,20)4-2/h8-9H,3-7H2,1-2H3,(H,15,17)(H,16,18). The zero-order chi connectivity index (χ0) is 15.9. The van der Waals surface area contributed by atoms with Gasteiger partial charge in [-0.05, 0) is 18.6 Å². The lowest BCUT2D eigenvalue weighted by molar-refractivity contribution is 0.0956. The van der Waals surface area contributed by atoms with Gasteiger partial charge >= 0.3 is 0 Å². The van der Waals surface area contributed by atoms with Crippen LogP contribution in [0.4, 0.5) is 5.82 Å². The van der Waals surface area contributed by atoms with Crippen LogP contribution in [0.1, 0.15) is 30.6 Å². The summed E-state index contributed by atoms with van der Waals surface area (Å²) in [6, 6.07) is 3.04. The molecule has 0 unspecified atom stereocenters. The fourth-order valence-corrected chi connectivity index (χ4v) is 2.45. The second-order valence-corrected chi connectivity index (χ2v) is 7.34. The molecule has 0 aliphatic heterocycles. The first-order chi connectivity index (χ1) is 9.88. The summed E-state index contributed by atoms with van der Waals surface area (Å²) >= 11 is 5.88. The Hall–Kier alpha value is -1.34. The molecule has 0 aliphatic carbocycles. The van der Waals surface area contributed by atoms with Crippen molar-refractivity contribution in [3.05, 3.63) is 22.8 Å². The van der Waals surface area contributed by atoms with E-state index in [-0.39, 0.29) is 29.1 Å². The number of pyridine rings is 1. The summed E-state index contributed by atoms with van der Waals surface area (Å²) in [6.07, 6.45) is 0.921. The van der Waals surface area contributed by atoms with Crippen molar-refractivity contribution in [2.45, 2.75) is 20.3 Å². The van der Waals surface area contributed by atoms with Gasteiger partial charge < -0.3 is 10.6 Å². The number of amides is 1. The summed E-state index contributed by atoms with van der Waals surface area (Å²) < 4.78 is 22.7. The van der Waals surface area contributed by atoms with E-state index in [1.807, 2.05) is 6.92 Å². The number of sulfone groups is 1. The molecule has 0 aliphatic rings. The lowest BCUT2D eigenvalue weighted by atomic mass is 10.2. The molecule has 0 radical (unpaired) electrons. The van der Waals surface area contributed by atoms with Crippen LogP contribution in [0.25, 0.3) is 0 Å². The van der Waals surface area contributed by atoms with E-state index in [0.29, 0.717) is 11.4 Å². The monoisotopic (exact) mass is 333 g/mol. The summed E-state index contributed by atoms with van der Waals surface area (Å²) in [6.45, 7) is 4.39. The number of anilines is 1. The summed E-state index contributed by atoms with van der Waals surface area (Å²) in [7, 11) is -3.09. The Morgan fingerprint density at radius 3 is 2.62 bits per heavy atom. The van der Waals surface area contributed by atoms with Crippen molar-refractivity contribution in [3.8, 4) is 0 Å². The predicted octanol–water partition coefficient (Wildman–Crippen LogP) is 1.72. The van der Waals surface area contributed by atoms with Gasteiger partial charge in [0.25, 0.3) is 5.91 Å². The highest BCUT2D eigenvalue weighted by Crippen LogP contribution is 2.14. The number of carbonyl (C=O) groups excluding carboxylic acids is 1. The molecule has 0 atom stereocenters. The Kier molecular flexibility index (Phi) is 6.91. The second-order valence-electron chi connectivity index (χ2n) is 4.48. The van der Waals surface area contributed by atoms with Crippen molar-refractivity contribution in [1.82, 2.24) is 10.3 Å². The molecule has 118 valence electrons. The first-order valence-electron chi connectivity index (χ1n) is 6.78. The van der Waals surface area contributed by atoms with Gasteiger partial charge in [0.05, 0.1) is 5.75 Å². The van der Waals surface area contributed by atoms with Gasteiger partial charge in [-0.1, -0.05) is 25.4 Å². The third-order valence-corrected chi connectivity index (χ3v) is 4.65. The highest BCUT2D eigenvalue weighted by Gasteiger charge is 2.11. The molecule has 0 saturated heterocycles. The number of nitrogens with zero attached hydrogens (tertiary/aromatic N) is 1. The molecule has 6 nitrogen and oxygen atoms in total. The van der Waals surface area contributed by atoms with E-state index in [9.17, 15) is 13.2 Å². The molecule has 21 heavy (non-hydrogen) atoms. The first-order valence-corrected chi connectivity index (χ1v) is 8.98. The third-order valence-electron chi connectivity index (χ3n) is 2.75. The van der Waals surface area contributed by atoms with Crippen LogP contribution in [0.2, 0.25) is 5.15 Å². The number of halogens is 1. The van der Waals surface area contributed by atoms with Crippen LogP contribution in [-0.4, -0.2) is 43.9 Å². The quantitative estimate of drug-likeness (QED) is 0.707. The Labute approximate surface area is 130 Å². The van der Waals surface area contributed by atoms with Crippen LogP contribution in [0.3, 0.4) is 0 Å². The summed E-state index contributed by atoms with van der Waals surface area (Å²) in [5.41, 5.74) is 0.350.